The Hall–Kier alpha value is -1.69. The molecule has 0 amide bonds. The summed E-state index contributed by atoms with van der Waals surface area (Å²) in [6.07, 6.45) is 2.13. The maximum absolute atomic E-state index is 13.8. The van der Waals surface area contributed by atoms with Crippen LogP contribution in [0.1, 0.15) is 30.1 Å². The van der Waals surface area contributed by atoms with Gasteiger partial charge in [-0.1, -0.05) is 15.9 Å². The Balaban J connectivity index is 1.97. The standard InChI is InChI=1S/C14H13BrFN3O/c1-7-12(17)18-13(8-2-3-8)19-14(7)20-11-5-4-9(15)6-10(11)16/h4-6,8H,2-3H2,1H3,(H2,17,18,19). The molecule has 0 saturated heterocycles. The van der Waals surface area contributed by atoms with Gasteiger partial charge in [0.05, 0.1) is 5.56 Å². The van der Waals surface area contributed by atoms with Gasteiger partial charge in [-0.2, -0.15) is 4.98 Å². The zero-order valence-electron chi connectivity index (χ0n) is 10.9. The van der Waals surface area contributed by atoms with Gasteiger partial charge in [0.2, 0.25) is 5.88 Å². The number of aromatic nitrogens is 2. The summed E-state index contributed by atoms with van der Waals surface area (Å²) < 4.78 is 20.0. The topological polar surface area (TPSA) is 61.0 Å². The Labute approximate surface area is 124 Å². The first-order chi connectivity index (χ1) is 9.54. The summed E-state index contributed by atoms with van der Waals surface area (Å²) in [4.78, 5) is 8.62. The predicted molar refractivity (Wildman–Crippen MR) is 77.3 cm³/mol. The van der Waals surface area contributed by atoms with Crippen molar-refractivity contribution in [2.24, 2.45) is 0 Å². The average molecular weight is 338 g/mol. The number of nitrogen functional groups attached to an aromatic ring is 1. The van der Waals surface area contributed by atoms with Crippen LogP contribution in [0, 0.1) is 12.7 Å². The molecule has 1 aromatic heterocycles. The second-order valence-electron chi connectivity index (χ2n) is 4.85. The fourth-order valence-electron chi connectivity index (χ4n) is 1.82. The number of ether oxygens (including phenoxy) is 1. The van der Waals surface area contributed by atoms with Gasteiger partial charge in [-0.25, -0.2) is 9.37 Å². The van der Waals surface area contributed by atoms with E-state index in [-0.39, 0.29) is 5.75 Å². The molecule has 0 spiro atoms. The molecule has 0 bridgehead atoms. The molecule has 1 aliphatic carbocycles. The normalized spacial score (nSPS) is 14.3. The van der Waals surface area contributed by atoms with E-state index in [1.807, 2.05) is 0 Å². The van der Waals surface area contributed by atoms with Gasteiger partial charge in [0, 0.05) is 10.4 Å². The van der Waals surface area contributed by atoms with Crippen molar-refractivity contribution in [1.82, 2.24) is 9.97 Å². The lowest BCUT2D eigenvalue weighted by Crippen LogP contribution is -2.04. The van der Waals surface area contributed by atoms with Crippen LogP contribution in [0.3, 0.4) is 0 Å². The van der Waals surface area contributed by atoms with Gasteiger partial charge in [0.1, 0.15) is 11.6 Å². The van der Waals surface area contributed by atoms with Gasteiger partial charge in [-0.15, -0.1) is 0 Å². The third kappa shape index (κ3) is 2.60. The average Bonchev–Trinajstić information content (AvgIpc) is 3.22. The third-order valence-corrected chi connectivity index (χ3v) is 3.69. The van der Waals surface area contributed by atoms with Crippen molar-refractivity contribution in [3.63, 3.8) is 0 Å². The Morgan fingerprint density at radius 3 is 2.75 bits per heavy atom. The van der Waals surface area contributed by atoms with E-state index in [0.717, 1.165) is 12.8 Å². The van der Waals surface area contributed by atoms with Crippen molar-refractivity contribution in [2.45, 2.75) is 25.7 Å². The van der Waals surface area contributed by atoms with E-state index in [1.165, 1.54) is 6.07 Å². The van der Waals surface area contributed by atoms with E-state index in [0.29, 0.717) is 33.5 Å². The number of hydrogen-bond donors (Lipinski definition) is 1. The minimum absolute atomic E-state index is 0.121. The molecule has 4 nitrogen and oxygen atoms in total. The molecule has 2 aromatic rings. The van der Waals surface area contributed by atoms with Crippen LogP contribution < -0.4 is 10.5 Å². The first kappa shape index (κ1) is 13.3. The molecule has 1 saturated carbocycles. The number of nitrogens with two attached hydrogens (primary N) is 1. The summed E-state index contributed by atoms with van der Waals surface area (Å²) in [6, 6.07) is 4.60. The smallest absolute Gasteiger partial charge is 0.227 e. The first-order valence-corrected chi connectivity index (χ1v) is 7.11. The van der Waals surface area contributed by atoms with Crippen LogP contribution in [0.15, 0.2) is 22.7 Å². The van der Waals surface area contributed by atoms with E-state index >= 15 is 0 Å². The van der Waals surface area contributed by atoms with Crippen LogP contribution in [0.5, 0.6) is 11.6 Å². The lowest BCUT2D eigenvalue weighted by atomic mass is 10.3. The highest BCUT2D eigenvalue weighted by molar-refractivity contribution is 9.10. The number of hydrogen-bond acceptors (Lipinski definition) is 4. The number of rotatable bonds is 3. The molecule has 1 fully saturated rings. The number of nitrogens with zero attached hydrogens (tertiary/aromatic N) is 2. The van der Waals surface area contributed by atoms with Crippen LogP contribution in [0.2, 0.25) is 0 Å². The quantitative estimate of drug-likeness (QED) is 0.921. The number of halogens is 2. The van der Waals surface area contributed by atoms with E-state index in [9.17, 15) is 4.39 Å². The summed E-state index contributed by atoms with van der Waals surface area (Å²) >= 11 is 3.21. The Morgan fingerprint density at radius 1 is 1.35 bits per heavy atom. The van der Waals surface area contributed by atoms with Crippen LogP contribution in [-0.2, 0) is 0 Å². The van der Waals surface area contributed by atoms with Crippen LogP contribution in [-0.4, -0.2) is 9.97 Å². The van der Waals surface area contributed by atoms with Gasteiger partial charge >= 0.3 is 0 Å². The van der Waals surface area contributed by atoms with Gasteiger partial charge in [0.25, 0.3) is 0 Å². The third-order valence-electron chi connectivity index (χ3n) is 3.20. The predicted octanol–water partition coefficient (Wildman–Crippen LogP) is 3.94. The zero-order chi connectivity index (χ0) is 14.3. The molecule has 20 heavy (non-hydrogen) atoms. The van der Waals surface area contributed by atoms with E-state index in [2.05, 4.69) is 25.9 Å². The second-order valence-corrected chi connectivity index (χ2v) is 5.76. The maximum atomic E-state index is 13.8. The van der Waals surface area contributed by atoms with E-state index in [1.54, 1.807) is 19.1 Å². The van der Waals surface area contributed by atoms with Crippen molar-refractivity contribution in [3.8, 4) is 11.6 Å². The van der Waals surface area contributed by atoms with Crippen molar-refractivity contribution in [1.29, 1.82) is 0 Å². The number of benzene rings is 1. The summed E-state index contributed by atoms with van der Waals surface area (Å²) in [5, 5.41) is 0. The van der Waals surface area contributed by atoms with Gasteiger partial charge in [0.15, 0.2) is 11.6 Å². The van der Waals surface area contributed by atoms with Gasteiger partial charge in [-0.3, -0.25) is 0 Å². The Bertz CT molecular complexity index is 674. The van der Waals surface area contributed by atoms with E-state index < -0.39 is 5.82 Å². The highest BCUT2D eigenvalue weighted by atomic mass is 79.9. The molecule has 1 aromatic carbocycles. The molecule has 6 heteroatoms. The van der Waals surface area contributed by atoms with E-state index in [4.69, 9.17) is 10.5 Å². The molecular formula is C14H13BrFN3O. The summed E-state index contributed by atoms with van der Waals surface area (Å²) in [5.74, 6) is 1.41. The summed E-state index contributed by atoms with van der Waals surface area (Å²) in [6.45, 7) is 1.76. The molecule has 3 rings (SSSR count). The minimum Gasteiger partial charge on any atom is -0.435 e. The lowest BCUT2D eigenvalue weighted by molar-refractivity contribution is 0.421. The zero-order valence-corrected chi connectivity index (χ0v) is 12.4. The molecule has 0 atom stereocenters. The molecule has 0 aliphatic heterocycles. The van der Waals surface area contributed by atoms with Crippen molar-refractivity contribution in [2.75, 3.05) is 5.73 Å². The highest BCUT2D eigenvalue weighted by Crippen LogP contribution is 2.40. The van der Waals surface area contributed by atoms with Crippen LogP contribution in [0.4, 0.5) is 10.2 Å². The summed E-state index contributed by atoms with van der Waals surface area (Å²) in [7, 11) is 0. The van der Waals surface area contributed by atoms with Gasteiger partial charge in [-0.05, 0) is 38.0 Å². The fraction of sp³-hybridized carbons (Fsp3) is 0.286. The second kappa shape index (κ2) is 5.01. The summed E-state index contributed by atoms with van der Waals surface area (Å²) in [5.41, 5.74) is 6.49. The molecule has 1 heterocycles. The highest BCUT2D eigenvalue weighted by Gasteiger charge is 2.28. The largest absolute Gasteiger partial charge is 0.435 e. The number of anilines is 1. The monoisotopic (exact) mass is 337 g/mol. The van der Waals surface area contributed by atoms with Crippen LogP contribution in [0.25, 0.3) is 0 Å². The van der Waals surface area contributed by atoms with Crippen molar-refractivity contribution < 1.29 is 9.13 Å². The molecule has 104 valence electrons. The molecule has 2 N–H and O–H groups in total. The molecular weight excluding hydrogens is 325 g/mol. The fourth-order valence-corrected chi connectivity index (χ4v) is 2.15. The van der Waals surface area contributed by atoms with Gasteiger partial charge < -0.3 is 10.5 Å². The Morgan fingerprint density at radius 2 is 2.10 bits per heavy atom. The van der Waals surface area contributed by atoms with Crippen molar-refractivity contribution in [3.05, 3.63) is 39.9 Å². The minimum atomic E-state index is -0.455. The SMILES string of the molecule is Cc1c(N)nc(C2CC2)nc1Oc1ccc(Br)cc1F. The lowest BCUT2D eigenvalue weighted by Gasteiger charge is -2.11. The molecule has 0 unspecified atom stereocenters. The van der Waals surface area contributed by atoms with Crippen LogP contribution >= 0.6 is 15.9 Å². The van der Waals surface area contributed by atoms with Crippen molar-refractivity contribution >= 4 is 21.7 Å². The Kier molecular flexibility index (Phi) is 3.33. The maximum Gasteiger partial charge on any atom is 0.227 e. The molecule has 0 radical (unpaired) electrons. The first-order valence-electron chi connectivity index (χ1n) is 6.31. The molecule has 1 aliphatic rings.